The first kappa shape index (κ1) is 17.4. The standard InChI is InChI=1S/C14H17Cl3O3/c1-8(2)4-9(3)20-14(18)7-19-13-6-11(16)10(15)5-12(13)17/h5-6,8-9H,4,7H2,1-3H3. The Labute approximate surface area is 134 Å². The van der Waals surface area contributed by atoms with Crippen molar-refractivity contribution in [3.63, 3.8) is 0 Å². The lowest BCUT2D eigenvalue weighted by molar-refractivity contribution is -0.151. The molecule has 1 aromatic carbocycles. The van der Waals surface area contributed by atoms with Crippen LogP contribution in [0.5, 0.6) is 5.75 Å². The molecule has 0 heterocycles. The molecule has 3 nitrogen and oxygen atoms in total. The summed E-state index contributed by atoms with van der Waals surface area (Å²) in [5, 5.41) is 0.937. The van der Waals surface area contributed by atoms with Gasteiger partial charge in [0.15, 0.2) is 6.61 Å². The molecule has 0 aliphatic carbocycles. The van der Waals surface area contributed by atoms with Crippen molar-refractivity contribution in [3.05, 3.63) is 27.2 Å². The molecule has 0 aromatic heterocycles. The van der Waals surface area contributed by atoms with E-state index in [2.05, 4.69) is 13.8 Å². The Morgan fingerprint density at radius 2 is 1.70 bits per heavy atom. The Bertz CT molecular complexity index is 475. The zero-order valence-corrected chi connectivity index (χ0v) is 13.9. The van der Waals surface area contributed by atoms with E-state index in [4.69, 9.17) is 44.3 Å². The van der Waals surface area contributed by atoms with E-state index >= 15 is 0 Å². The van der Waals surface area contributed by atoms with Crippen LogP contribution in [0.15, 0.2) is 12.1 Å². The summed E-state index contributed by atoms with van der Waals surface area (Å²) in [5.74, 6) is 0.318. The summed E-state index contributed by atoms with van der Waals surface area (Å²) in [6, 6.07) is 2.94. The third kappa shape index (κ3) is 5.78. The first-order valence-corrected chi connectivity index (χ1v) is 7.39. The molecule has 0 aliphatic rings. The SMILES string of the molecule is CC(C)CC(C)OC(=O)COc1cc(Cl)c(Cl)cc1Cl. The summed E-state index contributed by atoms with van der Waals surface area (Å²) in [7, 11) is 0. The van der Waals surface area contributed by atoms with Crippen molar-refractivity contribution in [2.24, 2.45) is 5.92 Å². The van der Waals surface area contributed by atoms with E-state index in [0.717, 1.165) is 6.42 Å². The highest BCUT2D eigenvalue weighted by Gasteiger charge is 2.13. The van der Waals surface area contributed by atoms with Crippen LogP contribution in [0, 0.1) is 5.92 Å². The van der Waals surface area contributed by atoms with Crippen LogP contribution in [0.2, 0.25) is 15.1 Å². The van der Waals surface area contributed by atoms with E-state index in [1.54, 1.807) is 0 Å². The Kier molecular flexibility index (Phi) is 6.93. The highest BCUT2D eigenvalue weighted by atomic mass is 35.5. The van der Waals surface area contributed by atoms with E-state index in [1.165, 1.54) is 12.1 Å². The number of hydrogen-bond donors (Lipinski definition) is 0. The second-order valence-electron chi connectivity index (χ2n) is 4.92. The first-order valence-electron chi connectivity index (χ1n) is 6.26. The van der Waals surface area contributed by atoms with Gasteiger partial charge in [-0.2, -0.15) is 0 Å². The number of benzene rings is 1. The number of ether oxygens (including phenoxy) is 2. The van der Waals surface area contributed by atoms with Gasteiger partial charge in [0.1, 0.15) is 5.75 Å². The highest BCUT2D eigenvalue weighted by molar-refractivity contribution is 6.43. The van der Waals surface area contributed by atoms with Crippen LogP contribution in [-0.4, -0.2) is 18.7 Å². The topological polar surface area (TPSA) is 35.5 Å². The second kappa shape index (κ2) is 7.96. The molecular formula is C14H17Cl3O3. The van der Waals surface area contributed by atoms with Gasteiger partial charge in [-0.05, 0) is 25.3 Å². The molecule has 0 saturated carbocycles. The molecule has 0 fully saturated rings. The lowest BCUT2D eigenvalue weighted by Gasteiger charge is -2.15. The fourth-order valence-corrected chi connectivity index (χ4v) is 2.31. The van der Waals surface area contributed by atoms with Gasteiger partial charge < -0.3 is 9.47 Å². The van der Waals surface area contributed by atoms with Gasteiger partial charge in [0.25, 0.3) is 0 Å². The van der Waals surface area contributed by atoms with E-state index in [-0.39, 0.29) is 12.7 Å². The zero-order chi connectivity index (χ0) is 15.3. The molecule has 1 unspecified atom stereocenters. The average molecular weight is 340 g/mol. The van der Waals surface area contributed by atoms with Gasteiger partial charge in [0, 0.05) is 6.07 Å². The molecule has 0 bridgehead atoms. The molecular weight excluding hydrogens is 323 g/mol. The quantitative estimate of drug-likeness (QED) is 0.540. The van der Waals surface area contributed by atoms with Crippen molar-refractivity contribution in [1.82, 2.24) is 0 Å². The molecule has 0 saturated heterocycles. The molecule has 20 heavy (non-hydrogen) atoms. The maximum Gasteiger partial charge on any atom is 0.344 e. The molecule has 1 rings (SSSR count). The number of rotatable bonds is 6. The summed E-state index contributed by atoms with van der Waals surface area (Å²) in [6.07, 6.45) is 0.662. The predicted molar refractivity (Wildman–Crippen MR) is 82.0 cm³/mol. The number of halogens is 3. The van der Waals surface area contributed by atoms with Crippen LogP contribution in [0.1, 0.15) is 27.2 Å². The van der Waals surface area contributed by atoms with Crippen LogP contribution >= 0.6 is 34.8 Å². The maximum atomic E-state index is 11.6. The lowest BCUT2D eigenvalue weighted by Crippen LogP contribution is -2.21. The average Bonchev–Trinajstić information content (AvgIpc) is 2.30. The Hall–Kier alpha value is -0.640. The summed E-state index contributed by atoms with van der Waals surface area (Å²) in [4.78, 5) is 11.6. The number of carbonyl (C=O) groups excluding carboxylic acids is 1. The summed E-state index contributed by atoms with van der Waals surface area (Å²) in [6.45, 7) is 5.76. The minimum atomic E-state index is -0.444. The monoisotopic (exact) mass is 338 g/mol. The Morgan fingerprint density at radius 3 is 2.30 bits per heavy atom. The number of hydrogen-bond acceptors (Lipinski definition) is 3. The van der Waals surface area contributed by atoms with Crippen molar-refractivity contribution in [2.45, 2.75) is 33.3 Å². The first-order chi connectivity index (χ1) is 9.29. The number of carbonyl (C=O) groups is 1. The predicted octanol–water partition coefficient (Wildman–Crippen LogP) is 5.00. The molecule has 0 amide bonds. The van der Waals surface area contributed by atoms with E-state index in [0.29, 0.717) is 26.7 Å². The third-order valence-electron chi connectivity index (χ3n) is 2.46. The van der Waals surface area contributed by atoms with Crippen molar-refractivity contribution >= 4 is 40.8 Å². The van der Waals surface area contributed by atoms with Crippen LogP contribution in [0.3, 0.4) is 0 Å². The van der Waals surface area contributed by atoms with E-state index < -0.39 is 5.97 Å². The second-order valence-corrected chi connectivity index (χ2v) is 6.14. The lowest BCUT2D eigenvalue weighted by atomic mass is 10.1. The number of esters is 1. The minimum absolute atomic E-state index is 0.143. The summed E-state index contributed by atoms with van der Waals surface area (Å²) >= 11 is 17.6. The molecule has 6 heteroatoms. The smallest absolute Gasteiger partial charge is 0.344 e. The van der Waals surface area contributed by atoms with Crippen LogP contribution in [-0.2, 0) is 9.53 Å². The third-order valence-corrected chi connectivity index (χ3v) is 3.47. The molecule has 1 atom stereocenters. The summed E-state index contributed by atoms with van der Waals surface area (Å²) < 4.78 is 10.5. The van der Waals surface area contributed by atoms with E-state index in [1.807, 2.05) is 6.92 Å². The molecule has 0 N–H and O–H groups in total. The van der Waals surface area contributed by atoms with Gasteiger partial charge in [0.05, 0.1) is 21.2 Å². The maximum absolute atomic E-state index is 11.6. The van der Waals surface area contributed by atoms with Gasteiger partial charge in [-0.1, -0.05) is 48.7 Å². The fourth-order valence-electron chi connectivity index (χ4n) is 1.72. The molecule has 1 aromatic rings. The van der Waals surface area contributed by atoms with Crippen LogP contribution in [0.4, 0.5) is 0 Å². The molecule has 0 radical (unpaired) electrons. The fraction of sp³-hybridized carbons (Fsp3) is 0.500. The largest absolute Gasteiger partial charge is 0.480 e. The van der Waals surface area contributed by atoms with Gasteiger partial charge in [-0.15, -0.1) is 0 Å². The van der Waals surface area contributed by atoms with Crippen molar-refractivity contribution in [1.29, 1.82) is 0 Å². The van der Waals surface area contributed by atoms with Gasteiger partial charge in [-0.3, -0.25) is 0 Å². The molecule has 112 valence electrons. The van der Waals surface area contributed by atoms with Crippen molar-refractivity contribution in [3.8, 4) is 5.75 Å². The zero-order valence-electron chi connectivity index (χ0n) is 11.6. The summed E-state index contributed by atoms with van der Waals surface area (Å²) in [5.41, 5.74) is 0. The molecule has 0 spiro atoms. The van der Waals surface area contributed by atoms with Gasteiger partial charge in [0.2, 0.25) is 0 Å². The van der Waals surface area contributed by atoms with Crippen LogP contribution < -0.4 is 4.74 Å². The van der Waals surface area contributed by atoms with Gasteiger partial charge in [-0.25, -0.2) is 4.79 Å². The Balaban J connectivity index is 2.51. The highest BCUT2D eigenvalue weighted by Crippen LogP contribution is 2.33. The van der Waals surface area contributed by atoms with E-state index in [9.17, 15) is 4.79 Å². The normalized spacial score (nSPS) is 12.3. The Morgan fingerprint density at radius 1 is 1.10 bits per heavy atom. The molecule has 0 aliphatic heterocycles. The van der Waals surface area contributed by atoms with Crippen LogP contribution in [0.25, 0.3) is 0 Å². The van der Waals surface area contributed by atoms with Crippen molar-refractivity contribution in [2.75, 3.05) is 6.61 Å². The minimum Gasteiger partial charge on any atom is -0.480 e. The van der Waals surface area contributed by atoms with Crippen molar-refractivity contribution < 1.29 is 14.3 Å². The van der Waals surface area contributed by atoms with Gasteiger partial charge >= 0.3 is 5.97 Å².